The van der Waals surface area contributed by atoms with Crippen LogP contribution in [-0.4, -0.2) is 74.0 Å². The number of anilines is 1. The molecule has 2 N–H and O–H groups in total. The zero-order valence-electron chi connectivity index (χ0n) is 17.1. The molecule has 3 rings (SSSR count). The number of piperidine rings is 1. The van der Waals surface area contributed by atoms with Crippen LogP contribution >= 0.6 is 0 Å². The minimum Gasteiger partial charge on any atom is -0.466 e. The number of aliphatic hydroxyl groups excluding tert-OH is 1. The van der Waals surface area contributed by atoms with E-state index in [4.69, 9.17) is 9.84 Å². The monoisotopic (exact) mass is 437 g/mol. The number of ether oxygens (including phenoxy) is 1. The molecule has 2 heterocycles. The molecule has 2 aliphatic rings. The van der Waals surface area contributed by atoms with E-state index in [1.807, 2.05) is 6.92 Å². The van der Waals surface area contributed by atoms with Gasteiger partial charge in [0.2, 0.25) is 10.0 Å². The first-order valence-electron chi connectivity index (χ1n) is 9.90. The van der Waals surface area contributed by atoms with Crippen molar-refractivity contribution < 1.29 is 27.9 Å². The first-order chi connectivity index (χ1) is 14.3. The summed E-state index contributed by atoms with van der Waals surface area (Å²) in [5, 5.41) is 12.0. The van der Waals surface area contributed by atoms with Gasteiger partial charge in [-0.3, -0.25) is 4.79 Å². The summed E-state index contributed by atoms with van der Waals surface area (Å²) in [4.78, 5) is 26.2. The molecule has 0 saturated carbocycles. The molecule has 1 aromatic rings. The van der Waals surface area contributed by atoms with E-state index in [1.165, 1.54) is 28.4 Å². The van der Waals surface area contributed by atoms with E-state index >= 15 is 0 Å². The SMILES string of the molecule is COC(=O)C1=C(Nc2ccc(S(=O)(=O)N3CCCCC3C)cc2)C(=O)N(CCO)C1. The normalized spacial score (nSPS) is 20.6. The van der Waals surface area contributed by atoms with Crippen LogP contribution in [0.15, 0.2) is 40.4 Å². The van der Waals surface area contributed by atoms with Crippen molar-refractivity contribution in [3.8, 4) is 0 Å². The number of carbonyl (C=O) groups is 2. The van der Waals surface area contributed by atoms with Crippen LogP contribution in [0.5, 0.6) is 0 Å². The Bertz CT molecular complexity index is 942. The molecule has 0 bridgehead atoms. The third-order valence-electron chi connectivity index (χ3n) is 5.43. The van der Waals surface area contributed by atoms with Gasteiger partial charge in [-0.15, -0.1) is 0 Å². The summed E-state index contributed by atoms with van der Waals surface area (Å²) in [5.74, 6) is -1.06. The van der Waals surface area contributed by atoms with Gasteiger partial charge in [0.1, 0.15) is 5.70 Å². The smallest absolute Gasteiger partial charge is 0.337 e. The molecule has 2 aliphatic heterocycles. The zero-order chi connectivity index (χ0) is 21.9. The topological polar surface area (TPSA) is 116 Å². The standard InChI is InChI=1S/C20H27N3O6S/c1-14-5-3-4-10-23(14)30(27,28)16-8-6-15(7-9-16)21-18-17(20(26)29-2)13-22(11-12-24)19(18)25/h6-9,14,21,24H,3-5,10-13H2,1-2H3. The zero-order valence-corrected chi connectivity index (χ0v) is 17.9. The Labute approximate surface area is 176 Å². The summed E-state index contributed by atoms with van der Waals surface area (Å²) in [6.07, 6.45) is 2.71. The van der Waals surface area contributed by atoms with Gasteiger partial charge in [0.15, 0.2) is 0 Å². The summed E-state index contributed by atoms with van der Waals surface area (Å²) in [6.45, 7) is 2.32. The molecule has 1 atom stereocenters. The van der Waals surface area contributed by atoms with Gasteiger partial charge in [-0.2, -0.15) is 4.31 Å². The molecule has 10 heteroatoms. The van der Waals surface area contributed by atoms with Gasteiger partial charge in [0, 0.05) is 24.8 Å². The summed E-state index contributed by atoms with van der Waals surface area (Å²) in [6, 6.07) is 6.06. The second-order valence-electron chi connectivity index (χ2n) is 7.41. The van der Waals surface area contributed by atoms with Crippen molar-refractivity contribution in [1.82, 2.24) is 9.21 Å². The van der Waals surface area contributed by atoms with Crippen LogP contribution in [-0.2, 0) is 24.3 Å². The van der Waals surface area contributed by atoms with Crippen molar-refractivity contribution in [2.45, 2.75) is 37.1 Å². The number of nitrogens with zero attached hydrogens (tertiary/aromatic N) is 2. The van der Waals surface area contributed by atoms with E-state index < -0.39 is 21.9 Å². The van der Waals surface area contributed by atoms with Crippen LogP contribution in [0.2, 0.25) is 0 Å². The van der Waals surface area contributed by atoms with Crippen molar-refractivity contribution in [3.05, 3.63) is 35.5 Å². The number of esters is 1. The number of hydrogen-bond acceptors (Lipinski definition) is 7. The van der Waals surface area contributed by atoms with Gasteiger partial charge in [0.25, 0.3) is 5.91 Å². The average molecular weight is 438 g/mol. The number of methoxy groups -OCH3 is 1. The van der Waals surface area contributed by atoms with Gasteiger partial charge >= 0.3 is 5.97 Å². The Kier molecular flexibility index (Phi) is 6.79. The van der Waals surface area contributed by atoms with Crippen molar-refractivity contribution in [1.29, 1.82) is 0 Å². The number of carbonyl (C=O) groups excluding carboxylic acids is 2. The summed E-state index contributed by atoms with van der Waals surface area (Å²) in [7, 11) is -2.36. The third kappa shape index (κ3) is 4.35. The number of aliphatic hydroxyl groups is 1. The van der Waals surface area contributed by atoms with Gasteiger partial charge in [-0.05, 0) is 44.0 Å². The lowest BCUT2D eigenvalue weighted by molar-refractivity contribution is -0.136. The van der Waals surface area contributed by atoms with Gasteiger partial charge < -0.3 is 20.1 Å². The molecule has 0 aromatic heterocycles. The van der Waals surface area contributed by atoms with Gasteiger partial charge in [0.05, 0.1) is 30.7 Å². The lowest BCUT2D eigenvalue weighted by Crippen LogP contribution is -2.41. The van der Waals surface area contributed by atoms with E-state index in [1.54, 1.807) is 12.1 Å². The molecule has 1 saturated heterocycles. The number of nitrogens with one attached hydrogen (secondary N) is 1. The van der Waals surface area contributed by atoms with Crippen LogP contribution in [0.3, 0.4) is 0 Å². The second-order valence-corrected chi connectivity index (χ2v) is 9.30. The first kappa shape index (κ1) is 22.3. The Hall–Kier alpha value is -2.43. The lowest BCUT2D eigenvalue weighted by atomic mass is 10.1. The molecule has 9 nitrogen and oxygen atoms in total. The van der Waals surface area contributed by atoms with Gasteiger partial charge in [-0.1, -0.05) is 6.42 Å². The van der Waals surface area contributed by atoms with Crippen LogP contribution in [0, 0.1) is 0 Å². The van der Waals surface area contributed by atoms with E-state index in [0.29, 0.717) is 12.2 Å². The van der Waals surface area contributed by atoms with E-state index in [2.05, 4.69) is 5.32 Å². The number of sulfonamides is 1. The maximum absolute atomic E-state index is 13.0. The summed E-state index contributed by atoms with van der Waals surface area (Å²) in [5.41, 5.74) is 0.696. The third-order valence-corrected chi connectivity index (χ3v) is 7.45. The number of amides is 1. The maximum atomic E-state index is 13.0. The van der Waals surface area contributed by atoms with Crippen LogP contribution < -0.4 is 5.32 Å². The quantitative estimate of drug-likeness (QED) is 0.610. The largest absolute Gasteiger partial charge is 0.466 e. The predicted octanol–water partition coefficient (Wildman–Crippen LogP) is 0.923. The predicted molar refractivity (Wildman–Crippen MR) is 110 cm³/mol. The number of β-amino-alcohol motifs (C(OH)–C–C–N with tert-alkyl or cyclic N) is 1. The number of benzene rings is 1. The fourth-order valence-electron chi connectivity index (χ4n) is 3.77. The average Bonchev–Trinajstić information content (AvgIpc) is 3.04. The number of rotatable bonds is 7. The Morgan fingerprint density at radius 2 is 1.97 bits per heavy atom. The highest BCUT2D eigenvalue weighted by atomic mass is 32.2. The molecule has 0 spiro atoms. The Morgan fingerprint density at radius 3 is 2.57 bits per heavy atom. The Balaban J connectivity index is 1.82. The second kappa shape index (κ2) is 9.15. The highest BCUT2D eigenvalue weighted by molar-refractivity contribution is 7.89. The molecule has 0 radical (unpaired) electrons. The summed E-state index contributed by atoms with van der Waals surface area (Å²) >= 11 is 0. The van der Waals surface area contributed by atoms with Crippen LogP contribution in [0.25, 0.3) is 0 Å². The number of hydrogen-bond donors (Lipinski definition) is 2. The first-order valence-corrected chi connectivity index (χ1v) is 11.3. The molecule has 164 valence electrons. The van der Waals surface area contributed by atoms with Crippen molar-refractivity contribution in [2.24, 2.45) is 0 Å². The lowest BCUT2D eigenvalue weighted by Gasteiger charge is -2.32. The molecular formula is C20H27N3O6S. The molecule has 0 aliphatic carbocycles. The van der Waals surface area contributed by atoms with Crippen molar-refractivity contribution >= 4 is 27.6 Å². The Morgan fingerprint density at radius 1 is 1.27 bits per heavy atom. The fraction of sp³-hybridized carbons (Fsp3) is 0.500. The molecule has 30 heavy (non-hydrogen) atoms. The molecule has 1 aromatic carbocycles. The maximum Gasteiger partial charge on any atom is 0.337 e. The van der Waals surface area contributed by atoms with Crippen LogP contribution in [0.4, 0.5) is 5.69 Å². The van der Waals surface area contributed by atoms with Crippen LogP contribution in [0.1, 0.15) is 26.2 Å². The molecule has 1 fully saturated rings. The highest BCUT2D eigenvalue weighted by Gasteiger charge is 2.35. The molecular weight excluding hydrogens is 410 g/mol. The minimum atomic E-state index is -3.59. The van der Waals surface area contributed by atoms with Crippen molar-refractivity contribution in [3.63, 3.8) is 0 Å². The minimum absolute atomic E-state index is 0.0354. The fourth-order valence-corrected chi connectivity index (χ4v) is 5.47. The highest BCUT2D eigenvalue weighted by Crippen LogP contribution is 2.27. The van der Waals surface area contributed by atoms with E-state index in [0.717, 1.165) is 19.3 Å². The van der Waals surface area contributed by atoms with Crippen molar-refractivity contribution in [2.75, 3.05) is 38.7 Å². The summed E-state index contributed by atoms with van der Waals surface area (Å²) < 4.78 is 32.2. The van der Waals surface area contributed by atoms with E-state index in [-0.39, 0.29) is 41.9 Å². The molecule has 1 amide bonds. The molecule has 1 unspecified atom stereocenters. The van der Waals surface area contributed by atoms with Gasteiger partial charge in [-0.25, -0.2) is 13.2 Å². The van der Waals surface area contributed by atoms with E-state index in [9.17, 15) is 18.0 Å².